The summed E-state index contributed by atoms with van der Waals surface area (Å²) in [6, 6.07) is 7.97. The van der Waals surface area contributed by atoms with Gasteiger partial charge in [0.05, 0.1) is 0 Å². The zero-order valence-electron chi connectivity index (χ0n) is 11.6. The maximum Gasteiger partial charge on any atom is 0.227 e. The minimum atomic E-state index is 0.00812. The van der Waals surface area contributed by atoms with Crippen molar-refractivity contribution >= 4 is 11.6 Å². The van der Waals surface area contributed by atoms with E-state index in [9.17, 15) is 4.79 Å². The molecule has 3 N–H and O–H groups in total. The number of para-hydroxylation sites is 1. The Bertz CT molecular complexity index is 388. The zero-order chi connectivity index (χ0) is 13.5. The fourth-order valence-corrected chi connectivity index (χ4v) is 1.93. The molecule has 0 aliphatic rings. The Balaban J connectivity index is 2.69. The van der Waals surface area contributed by atoms with Gasteiger partial charge in [-0.05, 0) is 36.9 Å². The van der Waals surface area contributed by atoms with Crippen molar-refractivity contribution in [3.63, 3.8) is 0 Å². The molecule has 1 unspecified atom stereocenters. The van der Waals surface area contributed by atoms with E-state index in [0.717, 1.165) is 18.5 Å². The average Bonchev–Trinajstić information content (AvgIpc) is 2.36. The number of carbonyl (C=O) groups excluding carboxylic acids is 1. The average molecular weight is 248 g/mol. The molecule has 0 spiro atoms. The number of carbonyl (C=O) groups is 1. The van der Waals surface area contributed by atoms with Gasteiger partial charge in [0.15, 0.2) is 0 Å². The predicted octanol–water partition coefficient (Wildman–Crippen LogP) is 3.12. The lowest BCUT2D eigenvalue weighted by atomic mass is 10.00. The summed E-state index contributed by atoms with van der Waals surface area (Å²) in [5.41, 5.74) is 7.57. The summed E-state index contributed by atoms with van der Waals surface area (Å²) < 4.78 is 0. The Morgan fingerprint density at radius 1 is 1.28 bits per heavy atom. The number of amides is 1. The van der Waals surface area contributed by atoms with Crippen molar-refractivity contribution in [3.8, 4) is 0 Å². The number of nitrogens with one attached hydrogen (secondary N) is 1. The standard InChI is InChI=1S/C15H24N2O/c1-11(2)13-8-4-5-9-14(13)17-15(18)12(3)7-6-10-16/h4-5,8-9,11-12H,6-7,10,16H2,1-3H3,(H,17,18). The smallest absolute Gasteiger partial charge is 0.227 e. The van der Waals surface area contributed by atoms with Gasteiger partial charge in [0.2, 0.25) is 5.91 Å². The third-order valence-electron chi connectivity index (χ3n) is 3.13. The normalized spacial score (nSPS) is 12.5. The summed E-state index contributed by atoms with van der Waals surface area (Å²) in [6.45, 7) is 6.84. The van der Waals surface area contributed by atoms with Gasteiger partial charge in [-0.25, -0.2) is 0 Å². The minimum absolute atomic E-state index is 0.00812. The van der Waals surface area contributed by atoms with E-state index < -0.39 is 0 Å². The van der Waals surface area contributed by atoms with Gasteiger partial charge in [-0.1, -0.05) is 39.0 Å². The second-order valence-electron chi connectivity index (χ2n) is 5.06. The molecule has 0 fully saturated rings. The molecule has 0 aliphatic heterocycles. The van der Waals surface area contributed by atoms with E-state index in [1.54, 1.807) is 0 Å². The quantitative estimate of drug-likeness (QED) is 0.812. The highest BCUT2D eigenvalue weighted by atomic mass is 16.1. The molecule has 0 aliphatic carbocycles. The van der Waals surface area contributed by atoms with Crippen molar-refractivity contribution in [1.82, 2.24) is 0 Å². The number of anilines is 1. The Kier molecular flexibility index (Phi) is 5.86. The molecule has 1 rings (SSSR count). The molecule has 0 aromatic heterocycles. The van der Waals surface area contributed by atoms with Crippen LogP contribution in [0.5, 0.6) is 0 Å². The molecule has 18 heavy (non-hydrogen) atoms. The maximum absolute atomic E-state index is 12.0. The van der Waals surface area contributed by atoms with Gasteiger partial charge in [0.1, 0.15) is 0 Å². The Morgan fingerprint density at radius 2 is 1.94 bits per heavy atom. The Labute approximate surface area is 110 Å². The van der Waals surface area contributed by atoms with Gasteiger partial charge in [0.25, 0.3) is 0 Å². The molecular weight excluding hydrogens is 224 g/mol. The minimum Gasteiger partial charge on any atom is -0.330 e. The number of benzene rings is 1. The first kappa shape index (κ1) is 14.7. The van der Waals surface area contributed by atoms with Gasteiger partial charge < -0.3 is 11.1 Å². The second-order valence-corrected chi connectivity index (χ2v) is 5.06. The van der Waals surface area contributed by atoms with E-state index in [-0.39, 0.29) is 11.8 Å². The van der Waals surface area contributed by atoms with E-state index in [2.05, 4.69) is 25.2 Å². The molecule has 0 radical (unpaired) electrons. The summed E-state index contributed by atoms with van der Waals surface area (Å²) in [7, 11) is 0. The van der Waals surface area contributed by atoms with E-state index in [1.165, 1.54) is 5.56 Å². The summed E-state index contributed by atoms with van der Waals surface area (Å²) in [5.74, 6) is 0.492. The van der Waals surface area contributed by atoms with Gasteiger partial charge in [0, 0.05) is 11.6 Å². The molecule has 1 atom stereocenters. The molecule has 1 aromatic carbocycles. The lowest BCUT2D eigenvalue weighted by Gasteiger charge is -2.16. The summed E-state index contributed by atoms with van der Waals surface area (Å²) >= 11 is 0. The number of rotatable bonds is 6. The maximum atomic E-state index is 12.0. The van der Waals surface area contributed by atoms with Crippen molar-refractivity contribution in [2.45, 2.75) is 39.5 Å². The monoisotopic (exact) mass is 248 g/mol. The van der Waals surface area contributed by atoms with E-state index in [1.807, 2.05) is 25.1 Å². The van der Waals surface area contributed by atoms with Crippen LogP contribution >= 0.6 is 0 Å². The lowest BCUT2D eigenvalue weighted by Crippen LogP contribution is -2.22. The van der Waals surface area contributed by atoms with Crippen molar-refractivity contribution in [2.24, 2.45) is 11.7 Å². The Hall–Kier alpha value is -1.35. The van der Waals surface area contributed by atoms with Gasteiger partial charge >= 0.3 is 0 Å². The van der Waals surface area contributed by atoms with E-state index in [0.29, 0.717) is 12.5 Å². The summed E-state index contributed by atoms with van der Waals surface area (Å²) in [5, 5.41) is 3.02. The zero-order valence-corrected chi connectivity index (χ0v) is 11.6. The molecule has 1 aromatic rings. The number of nitrogens with two attached hydrogens (primary N) is 1. The fourth-order valence-electron chi connectivity index (χ4n) is 1.93. The molecule has 3 heteroatoms. The molecule has 0 saturated heterocycles. The van der Waals surface area contributed by atoms with Crippen LogP contribution in [0.25, 0.3) is 0 Å². The van der Waals surface area contributed by atoms with Crippen LogP contribution in [0.4, 0.5) is 5.69 Å². The van der Waals surface area contributed by atoms with Gasteiger partial charge in [-0.2, -0.15) is 0 Å². The number of hydrogen-bond acceptors (Lipinski definition) is 2. The van der Waals surface area contributed by atoms with Crippen LogP contribution < -0.4 is 11.1 Å². The van der Waals surface area contributed by atoms with Crippen molar-refractivity contribution < 1.29 is 4.79 Å². The SMILES string of the molecule is CC(CCCN)C(=O)Nc1ccccc1C(C)C. The van der Waals surface area contributed by atoms with Gasteiger partial charge in [-0.15, -0.1) is 0 Å². The predicted molar refractivity (Wildman–Crippen MR) is 76.6 cm³/mol. The first-order valence-corrected chi connectivity index (χ1v) is 6.66. The largest absolute Gasteiger partial charge is 0.330 e. The van der Waals surface area contributed by atoms with Crippen molar-refractivity contribution in [1.29, 1.82) is 0 Å². The van der Waals surface area contributed by atoms with Crippen LogP contribution in [0.1, 0.15) is 45.1 Å². The lowest BCUT2D eigenvalue weighted by molar-refractivity contribution is -0.119. The number of hydrogen-bond donors (Lipinski definition) is 2. The third-order valence-corrected chi connectivity index (χ3v) is 3.13. The van der Waals surface area contributed by atoms with E-state index in [4.69, 9.17) is 5.73 Å². The summed E-state index contributed by atoms with van der Waals surface area (Å²) in [4.78, 5) is 12.0. The highest BCUT2D eigenvalue weighted by molar-refractivity contribution is 5.93. The summed E-state index contributed by atoms with van der Waals surface area (Å²) in [6.07, 6.45) is 1.73. The van der Waals surface area contributed by atoms with Crippen LogP contribution in [0.2, 0.25) is 0 Å². The molecule has 0 bridgehead atoms. The molecule has 0 heterocycles. The highest BCUT2D eigenvalue weighted by Crippen LogP contribution is 2.24. The fraction of sp³-hybridized carbons (Fsp3) is 0.533. The third kappa shape index (κ3) is 4.15. The topological polar surface area (TPSA) is 55.1 Å². The highest BCUT2D eigenvalue weighted by Gasteiger charge is 2.14. The van der Waals surface area contributed by atoms with E-state index >= 15 is 0 Å². The van der Waals surface area contributed by atoms with Crippen molar-refractivity contribution in [3.05, 3.63) is 29.8 Å². The first-order valence-electron chi connectivity index (χ1n) is 6.66. The van der Waals surface area contributed by atoms with Crippen LogP contribution in [0.15, 0.2) is 24.3 Å². The van der Waals surface area contributed by atoms with Crippen LogP contribution in [0, 0.1) is 5.92 Å². The van der Waals surface area contributed by atoms with Crippen LogP contribution in [-0.4, -0.2) is 12.5 Å². The molecule has 3 nitrogen and oxygen atoms in total. The van der Waals surface area contributed by atoms with Crippen LogP contribution in [-0.2, 0) is 4.79 Å². The van der Waals surface area contributed by atoms with Crippen LogP contribution in [0.3, 0.4) is 0 Å². The molecular formula is C15H24N2O. The first-order chi connectivity index (χ1) is 8.56. The van der Waals surface area contributed by atoms with Crippen molar-refractivity contribution in [2.75, 3.05) is 11.9 Å². The Morgan fingerprint density at radius 3 is 2.56 bits per heavy atom. The van der Waals surface area contributed by atoms with Gasteiger partial charge in [-0.3, -0.25) is 4.79 Å². The molecule has 0 saturated carbocycles. The molecule has 1 amide bonds. The molecule has 100 valence electrons. The second kappa shape index (κ2) is 7.17.